The van der Waals surface area contributed by atoms with Crippen LogP contribution in [-0.4, -0.2) is 4.98 Å². The zero-order chi connectivity index (χ0) is 11.7. The summed E-state index contributed by atoms with van der Waals surface area (Å²) in [5.41, 5.74) is 0.914. The number of hydrogen-bond acceptors (Lipinski definition) is 1. The number of benzene rings is 1. The highest BCUT2D eigenvalue weighted by molar-refractivity contribution is 14.1. The van der Waals surface area contributed by atoms with Crippen LogP contribution in [0.1, 0.15) is 0 Å². The minimum Gasteiger partial charge on any atom is -0.227 e. The van der Waals surface area contributed by atoms with Gasteiger partial charge < -0.3 is 0 Å². The third-order valence-electron chi connectivity index (χ3n) is 2.02. The Morgan fingerprint density at radius 3 is 2.62 bits per heavy atom. The summed E-state index contributed by atoms with van der Waals surface area (Å²) < 4.78 is 14.4. The summed E-state index contributed by atoms with van der Waals surface area (Å²) in [6.07, 6.45) is 1.46. The maximum absolute atomic E-state index is 13.6. The zero-order valence-corrected chi connectivity index (χ0v) is 11.5. The number of halogens is 4. The maximum Gasteiger partial charge on any atom is 0.220 e. The molecular formula is C11H5Cl2FIN. The number of hydrogen-bond donors (Lipinski definition) is 0. The van der Waals surface area contributed by atoms with Crippen molar-refractivity contribution in [2.45, 2.75) is 0 Å². The Morgan fingerprint density at radius 1 is 1.12 bits per heavy atom. The largest absolute Gasteiger partial charge is 0.227 e. The van der Waals surface area contributed by atoms with E-state index in [-0.39, 0.29) is 0 Å². The summed E-state index contributed by atoms with van der Waals surface area (Å²) in [7, 11) is 0. The molecular weight excluding hydrogens is 363 g/mol. The van der Waals surface area contributed by atoms with Crippen molar-refractivity contribution in [3.63, 3.8) is 0 Å². The molecule has 1 aromatic carbocycles. The summed E-state index contributed by atoms with van der Waals surface area (Å²) in [6, 6.07) is 6.60. The van der Waals surface area contributed by atoms with Crippen LogP contribution in [0.5, 0.6) is 0 Å². The van der Waals surface area contributed by atoms with Crippen molar-refractivity contribution in [3.8, 4) is 11.1 Å². The molecule has 2 aromatic rings. The van der Waals surface area contributed by atoms with Gasteiger partial charge in [0, 0.05) is 30.9 Å². The SMILES string of the molecule is Fc1ncc(I)cc1-c1cc(Cl)ccc1Cl. The van der Waals surface area contributed by atoms with E-state index in [1.165, 1.54) is 6.20 Å². The fraction of sp³-hybridized carbons (Fsp3) is 0. The molecule has 0 spiro atoms. The van der Waals surface area contributed by atoms with Crippen molar-refractivity contribution < 1.29 is 4.39 Å². The van der Waals surface area contributed by atoms with Crippen LogP contribution in [0.15, 0.2) is 30.5 Å². The molecule has 0 bridgehead atoms. The smallest absolute Gasteiger partial charge is 0.220 e. The van der Waals surface area contributed by atoms with Gasteiger partial charge in [-0.1, -0.05) is 23.2 Å². The topological polar surface area (TPSA) is 12.9 Å². The third kappa shape index (κ3) is 2.47. The van der Waals surface area contributed by atoms with E-state index < -0.39 is 5.95 Å². The fourth-order valence-corrected chi connectivity index (χ4v) is 2.16. The molecule has 0 saturated heterocycles. The first-order valence-electron chi connectivity index (χ1n) is 4.34. The van der Waals surface area contributed by atoms with Gasteiger partial charge in [0.2, 0.25) is 5.95 Å². The van der Waals surface area contributed by atoms with Gasteiger partial charge in [-0.15, -0.1) is 0 Å². The third-order valence-corrected chi connectivity index (χ3v) is 3.18. The van der Waals surface area contributed by atoms with E-state index in [9.17, 15) is 4.39 Å². The zero-order valence-electron chi connectivity index (χ0n) is 7.85. The van der Waals surface area contributed by atoms with Gasteiger partial charge in [0.15, 0.2) is 0 Å². The maximum atomic E-state index is 13.6. The average Bonchev–Trinajstić information content (AvgIpc) is 2.25. The lowest BCUT2D eigenvalue weighted by Crippen LogP contribution is -1.91. The van der Waals surface area contributed by atoms with Crippen molar-refractivity contribution in [1.29, 1.82) is 0 Å². The summed E-state index contributed by atoms with van der Waals surface area (Å²) >= 11 is 13.9. The summed E-state index contributed by atoms with van der Waals surface area (Å²) in [4.78, 5) is 3.65. The second kappa shape index (κ2) is 4.85. The molecule has 0 fully saturated rings. The Labute approximate surface area is 116 Å². The van der Waals surface area contributed by atoms with Crippen molar-refractivity contribution in [3.05, 3.63) is 50.0 Å². The molecule has 0 radical (unpaired) electrons. The molecule has 16 heavy (non-hydrogen) atoms. The van der Waals surface area contributed by atoms with Crippen LogP contribution < -0.4 is 0 Å². The number of rotatable bonds is 1. The van der Waals surface area contributed by atoms with E-state index in [4.69, 9.17) is 23.2 Å². The Morgan fingerprint density at radius 2 is 1.88 bits per heavy atom. The van der Waals surface area contributed by atoms with Crippen molar-refractivity contribution in [2.24, 2.45) is 0 Å². The van der Waals surface area contributed by atoms with E-state index in [1.807, 2.05) is 0 Å². The van der Waals surface area contributed by atoms with Crippen molar-refractivity contribution >= 4 is 45.8 Å². The van der Waals surface area contributed by atoms with Crippen LogP contribution in [-0.2, 0) is 0 Å². The molecule has 0 saturated carbocycles. The van der Waals surface area contributed by atoms with Gasteiger partial charge in [0.1, 0.15) is 0 Å². The Balaban J connectivity index is 2.66. The predicted octanol–water partition coefficient (Wildman–Crippen LogP) is 4.80. The van der Waals surface area contributed by atoms with E-state index in [0.717, 1.165) is 3.57 Å². The van der Waals surface area contributed by atoms with Crippen LogP contribution >= 0.6 is 45.8 Å². The first-order chi connectivity index (χ1) is 7.58. The monoisotopic (exact) mass is 367 g/mol. The fourth-order valence-electron chi connectivity index (χ4n) is 1.32. The summed E-state index contributed by atoms with van der Waals surface area (Å²) in [5, 5.41) is 0.963. The van der Waals surface area contributed by atoms with Crippen molar-refractivity contribution in [2.75, 3.05) is 0 Å². The van der Waals surface area contributed by atoms with Gasteiger partial charge >= 0.3 is 0 Å². The minimum atomic E-state index is -0.551. The molecule has 5 heteroatoms. The molecule has 0 aliphatic heterocycles. The average molecular weight is 368 g/mol. The van der Waals surface area contributed by atoms with Gasteiger partial charge in [-0.05, 0) is 46.9 Å². The van der Waals surface area contributed by atoms with Crippen molar-refractivity contribution in [1.82, 2.24) is 4.98 Å². The quantitative estimate of drug-likeness (QED) is 0.521. The highest BCUT2D eigenvalue weighted by Gasteiger charge is 2.11. The van der Waals surface area contributed by atoms with Gasteiger partial charge in [-0.3, -0.25) is 0 Å². The molecule has 1 aromatic heterocycles. The molecule has 0 aliphatic rings. The van der Waals surface area contributed by atoms with Crippen LogP contribution in [0.3, 0.4) is 0 Å². The van der Waals surface area contributed by atoms with Crippen LogP contribution in [0.4, 0.5) is 4.39 Å². The molecule has 0 aliphatic carbocycles. The molecule has 1 heterocycles. The first-order valence-corrected chi connectivity index (χ1v) is 6.18. The van der Waals surface area contributed by atoms with Gasteiger partial charge in [0.25, 0.3) is 0 Å². The molecule has 0 unspecified atom stereocenters. The molecule has 1 nitrogen and oxygen atoms in total. The first kappa shape index (κ1) is 12.1. The van der Waals surface area contributed by atoms with Gasteiger partial charge in [-0.25, -0.2) is 4.98 Å². The molecule has 0 atom stereocenters. The van der Waals surface area contributed by atoms with E-state index >= 15 is 0 Å². The highest BCUT2D eigenvalue weighted by Crippen LogP contribution is 2.32. The number of aromatic nitrogens is 1. The van der Waals surface area contributed by atoms with E-state index in [0.29, 0.717) is 21.2 Å². The highest BCUT2D eigenvalue weighted by atomic mass is 127. The second-order valence-electron chi connectivity index (χ2n) is 3.12. The summed E-state index contributed by atoms with van der Waals surface area (Å²) in [5.74, 6) is -0.551. The lowest BCUT2D eigenvalue weighted by Gasteiger charge is -2.06. The lowest BCUT2D eigenvalue weighted by atomic mass is 10.1. The normalized spacial score (nSPS) is 10.5. The Bertz CT molecular complexity index is 496. The Hall–Kier alpha value is -0.390. The molecule has 2 rings (SSSR count). The second-order valence-corrected chi connectivity index (χ2v) is 5.21. The van der Waals surface area contributed by atoms with Crippen LogP contribution in [0.25, 0.3) is 11.1 Å². The lowest BCUT2D eigenvalue weighted by molar-refractivity contribution is 0.587. The van der Waals surface area contributed by atoms with E-state index in [1.54, 1.807) is 24.3 Å². The molecule has 0 N–H and O–H groups in total. The Kier molecular flexibility index (Phi) is 3.66. The number of pyridine rings is 1. The van der Waals surface area contributed by atoms with Gasteiger partial charge in [-0.2, -0.15) is 4.39 Å². The van der Waals surface area contributed by atoms with E-state index in [2.05, 4.69) is 27.6 Å². The summed E-state index contributed by atoms with van der Waals surface area (Å²) in [6.45, 7) is 0. The predicted molar refractivity (Wildman–Crippen MR) is 72.4 cm³/mol. The standard InChI is InChI=1S/C11H5Cl2FIN/c12-6-1-2-10(13)8(3-6)9-4-7(15)5-16-11(9)14/h1-5H. The minimum absolute atomic E-state index is 0.361. The molecule has 0 amide bonds. The van der Waals surface area contributed by atoms with Crippen LogP contribution in [0.2, 0.25) is 10.0 Å². The molecule has 82 valence electrons. The number of nitrogens with zero attached hydrogens (tertiary/aromatic N) is 1. The van der Waals surface area contributed by atoms with Gasteiger partial charge in [0.05, 0.1) is 0 Å². The van der Waals surface area contributed by atoms with Crippen LogP contribution in [0, 0.1) is 9.52 Å².